The lowest BCUT2D eigenvalue weighted by Crippen LogP contribution is -2.46. The zero-order valence-electron chi connectivity index (χ0n) is 10.1. The van der Waals surface area contributed by atoms with Gasteiger partial charge in [0, 0.05) is 13.1 Å². The van der Waals surface area contributed by atoms with E-state index in [1.807, 2.05) is 0 Å². The highest BCUT2D eigenvalue weighted by atomic mass is 19.3. The summed E-state index contributed by atoms with van der Waals surface area (Å²) < 4.78 is 49.0. The van der Waals surface area contributed by atoms with Crippen molar-refractivity contribution >= 4 is 12.0 Å². The number of carboxylic acid groups (broad SMARTS) is 1. The molecule has 0 saturated carbocycles. The van der Waals surface area contributed by atoms with E-state index < -0.39 is 36.8 Å². The lowest BCUT2D eigenvalue weighted by molar-refractivity contribution is -0.142. The number of carboxylic acids is 1. The van der Waals surface area contributed by atoms with Crippen LogP contribution in [0.1, 0.15) is 6.92 Å². The van der Waals surface area contributed by atoms with Crippen LogP contribution in [0.4, 0.5) is 22.4 Å². The Kier molecular flexibility index (Phi) is 4.59. The molecule has 0 radical (unpaired) electrons. The van der Waals surface area contributed by atoms with Gasteiger partial charge < -0.3 is 15.3 Å². The van der Waals surface area contributed by atoms with Gasteiger partial charge in [-0.15, -0.1) is 0 Å². The van der Waals surface area contributed by atoms with Crippen molar-refractivity contribution in [2.24, 2.45) is 11.8 Å². The van der Waals surface area contributed by atoms with Crippen LogP contribution in [-0.4, -0.2) is 54.0 Å². The van der Waals surface area contributed by atoms with Gasteiger partial charge in [-0.25, -0.2) is 13.6 Å². The van der Waals surface area contributed by atoms with Gasteiger partial charge >= 0.3 is 24.3 Å². The lowest BCUT2D eigenvalue weighted by atomic mass is 9.99. The first-order valence-corrected chi connectivity index (χ1v) is 5.56. The van der Waals surface area contributed by atoms with E-state index in [4.69, 9.17) is 5.11 Å². The normalized spacial score (nSPS) is 23.8. The molecule has 0 bridgehead atoms. The molecule has 1 heterocycles. The zero-order chi connectivity index (χ0) is 14.8. The maximum atomic E-state index is 12.6. The summed E-state index contributed by atoms with van der Waals surface area (Å²) in [6.45, 7) is 0.0948. The summed E-state index contributed by atoms with van der Waals surface area (Å²) in [6, 6.07) is -0.962. The predicted molar refractivity (Wildman–Crippen MR) is 56.2 cm³/mol. The van der Waals surface area contributed by atoms with E-state index in [2.05, 4.69) is 0 Å². The zero-order valence-corrected chi connectivity index (χ0v) is 10.1. The summed E-state index contributed by atoms with van der Waals surface area (Å²) in [5.41, 5.74) is 0. The summed E-state index contributed by atoms with van der Waals surface area (Å²) in [6.07, 6.45) is -3.86. The van der Waals surface area contributed by atoms with Crippen LogP contribution in [0.15, 0.2) is 0 Å². The molecular weight excluding hydrogens is 272 g/mol. The molecule has 110 valence electrons. The Bertz CT molecular complexity index is 365. The van der Waals surface area contributed by atoms with Crippen LogP contribution in [0, 0.1) is 11.8 Å². The number of carbonyl (C=O) groups is 2. The Morgan fingerprint density at radius 2 is 2.00 bits per heavy atom. The molecule has 5 nitrogen and oxygen atoms in total. The Balaban J connectivity index is 2.50. The van der Waals surface area contributed by atoms with Crippen molar-refractivity contribution in [3.8, 4) is 0 Å². The quantitative estimate of drug-likeness (QED) is 0.764. The average Bonchev–Trinajstić information content (AvgIpc) is 2.68. The molecule has 1 aliphatic rings. The van der Waals surface area contributed by atoms with Gasteiger partial charge in [0.05, 0.1) is 12.5 Å². The molecule has 2 amide bonds. The molecule has 2 unspecified atom stereocenters. The number of aliphatic carboxylic acids is 1. The Labute approximate surface area is 106 Å². The third-order valence-corrected chi connectivity index (χ3v) is 3.01. The van der Waals surface area contributed by atoms with Gasteiger partial charge in [0.25, 0.3) is 0 Å². The predicted octanol–water partition coefficient (Wildman–Crippen LogP) is 1.25. The molecule has 1 aliphatic heterocycles. The van der Waals surface area contributed by atoms with E-state index in [-0.39, 0.29) is 19.0 Å². The molecule has 0 aromatic rings. The molecule has 0 aromatic carbocycles. The SMILES string of the molecule is CC1CN(C(=O)NCC(F)(F)C(F)F)CC1C(=O)O. The first kappa shape index (κ1) is 15.5. The summed E-state index contributed by atoms with van der Waals surface area (Å²) in [4.78, 5) is 23.3. The second kappa shape index (κ2) is 5.62. The fourth-order valence-corrected chi connectivity index (χ4v) is 1.84. The Morgan fingerprint density at radius 1 is 1.42 bits per heavy atom. The molecule has 2 atom stereocenters. The van der Waals surface area contributed by atoms with Crippen molar-refractivity contribution in [1.29, 1.82) is 0 Å². The van der Waals surface area contributed by atoms with Gasteiger partial charge in [-0.05, 0) is 5.92 Å². The topological polar surface area (TPSA) is 69.6 Å². The third kappa shape index (κ3) is 3.71. The minimum Gasteiger partial charge on any atom is -0.481 e. The van der Waals surface area contributed by atoms with Crippen LogP contribution in [0.3, 0.4) is 0 Å². The van der Waals surface area contributed by atoms with Crippen LogP contribution in [0.5, 0.6) is 0 Å². The van der Waals surface area contributed by atoms with E-state index in [0.717, 1.165) is 4.90 Å². The van der Waals surface area contributed by atoms with E-state index in [0.29, 0.717) is 0 Å². The van der Waals surface area contributed by atoms with Crippen molar-refractivity contribution in [3.63, 3.8) is 0 Å². The monoisotopic (exact) mass is 286 g/mol. The third-order valence-electron chi connectivity index (χ3n) is 3.01. The van der Waals surface area contributed by atoms with E-state index in [9.17, 15) is 27.2 Å². The number of likely N-dealkylation sites (tertiary alicyclic amines) is 1. The minimum absolute atomic E-state index is 0.0864. The molecule has 1 rings (SSSR count). The van der Waals surface area contributed by atoms with Gasteiger partial charge in [-0.2, -0.15) is 8.78 Å². The van der Waals surface area contributed by atoms with E-state index in [1.54, 1.807) is 12.2 Å². The molecule has 1 fully saturated rings. The number of carbonyl (C=O) groups excluding carboxylic acids is 1. The van der Waals surface area contributed by atoms with Crippen LogP contribution >= 0.6 is 0 Å². The Morgan fingerprint density at radius 3 is 2.42 bits per heavy atom. The number of amides is 2. The fourth-order valence-electron chi connectivity index (χ4n) is 1.84. The summed E-state index contributed by atoms with van der Waals surface area (Å²) in [5, 5.41) is 10.5. The summed E-state index contributed by atoms with van der Waals surface area (Å²) >= 11 is 0. The maximum Gasteiger partial charge on any atom is 0.324 e. The number of urea groups is 1. The number of halogens is 4. The number of alkyl halides is 4. The standard InChI is InChI=1S/C10H14F4N2O3/c1-5-2-16(3-6(5)7(17)18)9(19)15-4-10(13,14)8(11)12/h5-6,8H,2-4H2,1H3,(H,15,19)(H,17,18). The molecule has 0 aromatic heterocycles. The second-order valence-corrected chi connectivity index (χ2v) is 4.55. The largest absolute Gasteiger partial charge is 0.481 e. The number of nitrogens with zero attached hydrogens (tertiary/aromatic N) is 1. The highest BCUT2D eigenvalue weighted by Crippen LogP contribution is 2.24. The van der Waals surface area contributed by atoms with Crippen LogP contribution < -0.4 is 5.32 Å². The first-order valence-electron chi connectivity index (χ1n) is 5.56. The van der Waals surface area contributed by atoms with Crippen molar-refractivity contribution in [1.82, 2.24) is 10.2 Å². The lowest BCUT2D eigenvalue weighted by Gasteiger charge is -2.20. The summed E-state index contributed by atoms with van der Waals surface area (Å²) in [5.74, 6) is -6.48. The summed E-state index contributed by atoms with van der Waals surface area (Å²) in [7, 11) is 0. The van der Waals surface area contributed by atoms with Crippen LogP contribution in [-0.2, 0) is 4.79 Å². The van der Waals surface area contributed by atoms with Crippen molar-refractivity contribution in [3.05, 3.63) is 0 Å². The Hall–Kier alpha value is -1.54. The second-order valence-electron chi connectivity index (χ2n) is 4.55. The molecule has 2 N–H and O–H groups in total. The van der Waals surface area contributed by atoms with Gasteiger partial charge in [0.15, 0.2) is 0 Å². The smallest absolute Gasteiger partial charge is 0.324 e. The molecular formula is C10H14F4N2O3. The maximum absolute atomic E-state index is 12.6. The highest BCUT2D eigenvalue weighted by Gasteiger charge is 2.42. The van der Waals surface area contributed by atoms with E-state index >= 15 is 0 Å². The number of hydrogen-bond donors (Lipinski definition) is 2. The van der Waals surface area contributed by atoms with Crippen LogP contribution in [0.2, 0.25) is 0 Å². The number of hydrogen-bond acceptors (Lipinski definition) is 2. The number of nitrogens with one attached hydrogen (secondary N) is 1. The van der Waals surface area contributed by atoms with Gasteiger partial charge in [0.1, 0.15) is 0 Å². The van der Waals surface area contributed by atoms with Crippen LogP contribution in [0.25, 0.3) is 0 Å². The van der Waals surface area contributed by atoms with Crippen molar-refractivity contribution in [2.75, 3.05) is 19.6 Å². The first-order chi connectivity index (χ1) is 8.65. The number of rotatable bonds is 4. The van der Waals surface area contributed by atoms with E-state index in [1.165, 1.54) is 0 Å². The highest BCUT2D eigenvalue weighted by molar-refractivity contribution is 5.77. The molecule has 0 spiro atoms. The molecule has 0 aliphatic carbocycles. The molecule has 19 heavy (non-hydrogen) atoms. The van der Waals surface area contributed by atoms with Crippen molar-refractivity contribution < 1.29 is 32.3 Å². The molecule has 1 saturated heterocycles. The fraction of sp³-hybridized carbons (Fsp3) is 0.800. The molecule has 9 heteroatoms. The van der Waals surface area contributed by atoms with Gasteiger partial charge in [-0.3, -0.25) is 4.79 Å². The van der Waals surface area contributed by atoms with Gasteiger partial charge in [0.2, 0.25) is 0 Å². The minimum atomic E-state index is -4.30. The van der Waals surface area contributed by atoms with Crippen molar-refractivity contribution in [2.45, 2.75) is 19.3 Å². The van der Waals surface area contributed by atoms with Gasteiger partial charge in [-0.1, -0.05) is 6.92 Å². The average molecular weight is 286 g/mol.